The van der Waals surface area contributed by atoms with Crippen molar-refractivity contribution in [1.82, 2.24) is 9.78 Å². The molecule has 0 amide bonds. The third kappa shape index (κ3) is 3.16. The van der Waals surface area contributed by atoms with Gasteiger partial charge in [0.25, 0.3) is 0 Å². The second-order valence-electron chi connectivity index (χ2n) is 4.24. The van der Waals surface area contributed by atoms with E-state index in [1.165, 1.54) is 0 Å². The van der Waals surface area contributed by atoms with Gasteiger partial charge in [0.2, 0.25) is 0 Å². The van der Waals surface area contributed by atoms with Crippen molar-refractivity contribution in [2.24, 2.45) is 13.0 Å². The van der Waals surface area contributed by atoms with Gasteiger partial charge in [-0.25, -0.2) is 0 Å². The summed E-state index contributed by atoms with van der Waals surface area (Å²) in [5, 5.41) is 5.57. The number of nitrogens with zero attached hydrogens (tertiary/aromatic N) is 2. The van der Waals surface area contributed by atoms with E-state index >= 15 is 0 Å². The Bertz CT molecular complexity index is 318. The Labute approximate surface area is 96.4 Å². The molecule has 0 aliphatic carbocycles. The van der Waals surface area contributed by atoms with E-state index < -0.39 is 0 Å². The van der Waals surface area contributed by atoms with Gasteiger partial charge >= 0.3 is 0 Å². The van der Waals surface area contributed by atoms with Crippen molar-refractivity contribution in [2.75, 3.05) is 11.5 Å². The summed E-state index contributed by atoms with van der Waals surface area (Å²) in [5.74, 6) is 1.77. The van der Waals surface area contributed by atoms with E-state index in [0.29, 0.717) is 5.92 Å². The Kier molecular flexibility index (Phi) is 4.51. The number of hydrogen-bond acceptors (Lipinski definition) is 3. The van der Waals surface area contributed by atoms with E-state index in [0.717, 1.165) is 35.0 Å². The van der Waals surface area contributed by atoms with Gasteiger partial charge in [0.05, 0.1) is 11.4 Å². The Hall–Kier alpha value is -0.640. The van der Waals surface area contributed by atoms with Crippen LogP contribution in [0, 0.1) is 5.92 Å². The van der Waals surface area contributed by atoms with Gasteiger partial charge in [-0.3, -0.25) is 4.68 Å². The van der Waals surface area contributed by atoms with Crippen LogP contribution in [0.3, 0.4) is 0 Å². The minimum atomic E-state index is 0.680. The monoisotopic (exact) mass is 227 g/mol. The molecule has 4 heteroatoms. The van der Waals surface area contributed by atoms with Gasteiger partial charge < -0.3 is 5.73 Å². The Morgan fingerprint density at radius 2 is 2.13 bits per heavy atom. The summed E-state index contributed by atoms with van der Waals surface area (Å²) in [7, 11) is 1.97. The van der Waals surface area contributed by atoms with E-state index in [1.807, 2.05) is 11.7 Å². The molecule has 0 aliphatic rings. The molecule has 0 atom stereocenters. The molecule has 1 heterocycles. The molecule has 1 rings (SSSR count). The molecule has 0 fully saturated rings. The minimum absolute atomic E-state index is 0.680. The summed E-state index contributed by atoms with van der Waals surface area (Å²) < 4.78 is 1.91. The SMILES string of the molecule is CCCc1nn(C)c(SCC(C)C)c1N. The van der Waals surface area contributed by atoms with Gasteiger partial charge in [0.1, 0.15) is 5.03 Å². The van der Waals surface area contributed by atoms with Crippen LogP contribution >= 0.6 is 11.8 Å². The topological polar surface area (TPSA) is 43.8 Å². The lowest BCUT2D eigenvalue weighted by atomic mass is 10.2. The summed E-state index contributed by atoms with van der Waals surface area (Å²) in [5.41, 5.74) is 8.00. The minimum Gasteiger partial charge on any atom is -0.395 e. The molecule has 0 radical (unpaired) electrons. The van der Waals surface area contributed by atoms with Crippen molar-refractivity contribution in [3.05, 3.63) is 5.69 Å². The standard InChI is InChI=1S/C11H21N3S/c1-5-6-9-10(12)11(14(4)13-9)15-7-8(2)3/h8H,5-7,12H2,1-4H3. The zero-order valence-electron chi connectivity index (χ0n) is 10.1. The van der Waals surface area contributed by atoms with Gasteiger partial charge in [0, 0.05) is 12.8 Å². The van der Waals surface area contributed by atoms with Crippen LogP contribution in [-0.2, 0) is 13.5 Å². The van der Waals surface area contributed by atoms with Gasteiger partial charge in [-0.2, -0.15) is 5.10 Å². The first-order valence-electron chi connectivity index (χ1n) is 5.50. The maximum Gasteiger partial charge on any atom is 0.117 e. The number of aryl methyl sites for hydroxylation is 2. The van der Waals surface area contributed by atoms with Gasteiger partial charge in [-0.1, -0.05) is 27.2 Å². The molecule has 0 aromatic carbocycles. The van der Waals surface area contributed by atoms with E-state index in [4.69, 9.17) is 5.73 Å². The molecular weight excluding hydrogens is 206 g/mol. The fraction of sp³-hybridized carbons (Fsp3) is 0.727. The molecule has 3 nitrogen and oxygen atoms in total. The van der Waals surface area contributed by atoms with Crippen molar-refractivity contribution >= 4 is 17.4 Å². The molecule has 0 aliphatic heterocycles. The lowest BCUT2D eigenvalue weighted by Crippen LogP contribution is -1.97. The van der Waals surface area contributed by atoms with E-state index in [9.17, 15) is 0 Å². The highest BCUT2D eigenvalue weighted by Gasteiger charge is 2.13. The molecule has 0 bridgehead atoms. The number of nitrogen functional groups attached to an aromatic ring is 1. The molecule has 86 valence electrons. The first-order valence-corrected chi connectivity index (χ1v) is 6.49. The average Bonchev–Trinajstić information content (AvgIpc) is 2.40. The number of rotatable bonds is 5. The predicted molar refractivity (Wildman–Crippen MR) is 67.2 cm³/mol. The average molecular weight is 227 g/mol. The quantitative estimate of drug-likeness (QED) is 0.787. The summed E-state index contributed by atoms with van der Waals surface area (Å²) in [6.45, 7) is 6.58. The molecule has 0 saturated carbocycles. The molecule has 15 heavy (non-hydrogen) atoms. The van der Waals surface area contributed by atoms with Gasteiger partial charge in [-0.15, -0.1) is 11.8 Å². The van der Waals surface area contributed by atoms with Gasteiger partial charge in [0.15, 0.2) is 0 Å². The fourth-order valence-corrected chi connectivity index (χ4v) is 2.41. The van der Waals surface area contributed by atoms with Crippen LogP contribution in [-0.4, -0.2) is 15.5 Å². The summed E-state index contributed by atoms with van der Waals surface area (Å²) in [6.07, 6.45) is 2.07. The largest absolute Gasteiger partial charge is 0.395 e. The first kappa shape index (κ1) is 12.4. The van der Waals surface area contributed by atoms with E-state index in [-0.39, 0.29) is 0 Å². The smallest absolute Gasteiger partial charge is 0.117 e. The highest BCUT2D eigenvalue weighted by Crippen LogP contribution is 2.29. The lowest BCUT2D eigenvalue weighted by molar-refractivity contribution is 0.678. The van der Waals surface area contributed by atoms with Crippen LogP contribution in [0.5, 0.6) is 0 Å². The second-order valence-corrected chi connectivity index (χ2v) is 5.25. The van der Waals surface area contributed by atoms with E-state index in [2.05, 4.69) is 25.9 Å². The normalized spacial score (nSPS) is 11.3. The van der Waals surface area contributed by atoms with Crippen molar-refractivity contribution < 1.29 is 0 Å². The van der Waals surface area contributed by atoms with Crippen LogP contribution in [0.15, 0.2) is 5.03 Å². The van der Waals surface area contributed by atoms with Crippen LogP contribution in [0.2, 0.25) is 0 Å². The third-order valence-corrected chi connectivity index (χ3v) is 3.74. The van der Waals surface area contributed by atoms with Crippen LogP contribution in [0.4, 0.5) is 5.69 Å². The third-order valence-electron chi connectivity index (χ3n) is 2.15. The molecule has 0 spiro atoms. The zero-order valence-corrected chi connectivity index (χ0v) is 10.9. The Morgan fingerprint density at radius 3 is 2.67 bits per heavy atom. The summed E-state index contributed by atoms with van der Waals surface area (Å²) in [4.78, 5) is 0. The highest BCUT2D eigenvalue weighted by atomic mass is 32.2. The predicted octanol–water partition coefficient (Wildman–Crippen LogP) is 2.70. The number of anilines is 1. The van der Waals surface area contributed by atoms with Crippen LogP contribution < -0.4 is 5.73 Å². The molecule has 0 unspecified atom stereocenters. The zero-order chi connectivity index (χ0) is 11.4. The molecule has 1 aromatic heterocycles. The van der Waals surface area contributed by atoms with Crippen molar-refractivity contribution in [3.63, 3.8) is 0 Å². The number of hydrogen-bond donors (Lipinski definition) is 1. The Balaban J connectivity index is 2.78. The van der Waals surface area contributed by atoms with Crippen LogP contribution in [0.1, 0.15) is 32.9 Å². The second kappa shape index (κ2) is 5.45. The molecular formula is C11H21N3S. The van der Waals surface area contributed by atoms with Crippen molar-refractivity contribution in [3.8, 4) is 0 Å². The molecule has 1 aromatic rings. The highest BCUT2D eigenvalue weighted by molar-refractivity contribution is 7.99. The maximum atomic E-state index is 6.07. The Morgan fingerprint density at radius 1 is 1.47 bits per heavy atom. The van der Waals surface area contributed by atoms with E-state index in [1.54, 1.807) is 11.8 Å². The number of thioether (sulfide) groups is 1. The lowest BCUT2D eigenvalue weighted by Gasteiger charge is -2.05. The van der Waals surface area contributed by atoms with Gasteiger partial charge in [-0.05, 0) is 12.3 Å². The first-order chi connectivity index (χ1) is 7.06. The maximum absolute atomic E-state index is 6.07. The summed E-state index contributed by atoms with van der Waals surface area (Å²) >= 11 is 1.80. The van der Waals surface area contributed by atoms with Crippen molar-refractivity contribution in [1.29, 1.82) is 0 Å². The molecule has 0 saturated heterocycles. The van der Waals surface area contributed by atoms with Crippen LogP contribution in [0.25, 0.3) is 0 Å². The number of aromatic nitrogens is 2. The van der Waals surface area contributed by atoms with Crippen molar-refractivity contribution in [2.45, 2.75) is 38.6 Å². The summed E-state index contributed by atoms with van der Waals surface area (Å²) in [6, 6.07) is 0. The molecule has 2 N–H and O–H groups in total. The number of nitrogens with two attached hydrogens (primary N) is 1. The fourth-order valence-electron chi connectivity index (χ4n) is 1.42.